The molecule has 1 aromatic carbocycles. The van der Waals surface area contributed by atoms with E-state index in [4.69, 9.17) is 0 Å². The van der Waals surface area contributed by atoms with Gasteiger partial charge in [-0.3, -0.25) is 9.13 Å². The Morgan fingerprint density at radius 1 is 0.955 bits per heavy atom. The predicted octanol–water partition coefficient (Wildman–Crippen LogP) is 3.33. The standard InChI is InChI=1S/C18H29N3O/c1-4-5-6-7-8-9-12-19-14-15-10-11-16-17(13-15)21(3)18(22)20(16)2/h10-11,13,19H,4-9,12,14H2,1-3H3. The molecule has 0 saturated heterocycles. The second kappa shape index (κ2) is 8.18. The van der Waals surface area contributed by atoms with E-state index in [9.17, 15) is 4.79 Å². The molecule has 122 valence electrons. The van der Waals surface area contributed by atoms with Gasteiger partial charge in [-0.2, -0.15) is 0 Å². The fourth-order valence-electron chi connectivity index (χ4n) is 2.93. The monoisotopic (exact) mass is 303 g/mol. The van der Waals surface area contributed by atoms with Gasteiger partial charge in [0.25, 0.3) is 0 Å². The Bertz CT molecular complexity index is 654. The van der Waals surface area contributed by atoms with Gasteiger partial charge in [-0.15, -0.1) is 0 Å². The number of nitrogens with one attached hydrogen (secondary N) is 1. The minimum atomic E-state index is 0.0344. The third-order valence-corrected chi connectivity index (χ3v) is 4.37. The van der Waals surface area contributed by atoms with E-state index in [1.807, 2.05) is 20.2 Å². The van der Waals surface area contributed by atoms with Gasteiger partial charge >= 0.3 is 5.69 Å². The molecule has 2 rings (SSSR count). The van der Waals surface area contributed by atoms with Crippen LogP contribution in [0.4, 0.5) is 0 Å². The maximum absolute atomic E-state index is 11.9. The minimum absolute atomic E-state index is 0.0344. The Hall–Kier alpha value is -1.55. The Morgan fingerprint density at radius 3 is 2.41 bits per heavy atom. The first-order valence-corrected chi connectivity index (χ1v) is 8.50. The van der Waals surface area contributed by atoms with Crippen molar-refractivity contribution in [1.29, 1.82) is 0 Å². The number of unbranched alkanes of at least 4 members (excludes halogenated alkanes) is 5. The molecule has 4 heteroatoms. The van der Waals surface area contributed by atoms with E-state index in [-0.39, 0.29) is 5.69 Å². The summed E-state index contributed by atoms with van der Waals surface area (Å²) in [6.45, 7) is 4.19. The van der Waals surface area contributed by atoms with Gasteiger partial charge in [-0.1, -0.05) is 45.1 Å². The third kappa shape index (κ3) is 4.01. The summed E-state index contributed by atoms with van der Waals surface area (Å²) in [7, 11) is 3.65. The maximum atomic E-state index is 11.9. The molecule has 1 N–H and O–H groups in total. The number of imidazole rings is 1. The number of benzene rings is 1. The molecule has 0 atom stereocenters. The van der Waals surface area contributed by atoms with Crippen LogP contribution in [0.2, 0.25) is 0 Å². The largest absolute Gasteiger partial charge is 0.328 e. The Balaban J connectivity index is 1.80. The summed E-state index contributed by atoms with van der Waals surface area (Å²) in [5, 5.41) is 3.50. The average Bonchev–Trinajstić information content (AvgIpc) is 2.74. The quantitative estimate of drug-likeness (QED) is 0.722. The lowest BCUT2D eigenvalue weighted by Gasteiger charge is -2.06. The van der Waals surface area contributed by atoms with Gasteiger partial charge in [-0.25, -0.2) is 4.79 Å². The first-order chi connectivity index (χ1) is 10.6. The zero-order chi connectivity index (χ0) is 15.9. The molecule has 2 aromatic rings. The Morgan fingerprint density at radius 2 is 1.64 bits per heavy atom. The number of aromatic nitrogens is 2. The summed E-state index contributed by atoms with van der Waals surface area (Å²) in [4.78, 5) is 11.9. The Kier molecular flexibility index (Phi) is 6.25. The molecule has 4 nitrogen and oxygen atoms in total. The van der Waals surface area contributed by atoms with Crippen LogP contribution in [0.15, 0.2) is 23.0 Å². The molecular formula is C18H29N3O. The van der Waals surface area contributed by atoms with Crippen molar-refractivity contribution in [3.63, 3.8) is 0 Å². The summed E-state index contributed by atoms with van der Waals surface area (Å²) in [6.07, 6.45) is 7.96. The normalized spacial score (nSPS) is 11.4. The highest BCUT2D eigenvalue weighted by Gasteiger charge is 2.07. The van der Waals surface area contributed by atoms with Crippen molar-refractivity contribution in [1.82, 2.24) is 14.5 Å². The summed E-state index contributed by atoms with van der Waals surface area (Å²) < 4.78 is 3.41. The molecule has 0 spiro atoms. The second-order valence-electron chi connectivity index (χ2n) is 6.17. The summed E-state index contributed by atoms with van der Waals surface area (Å²) in [5.74, 6) is 0. The van der Waals surface area contributed by atoms with Crippen LogP contribution in [-0.4, -0.2) is 15.7 Å². The Labute approximate surface area is 133 Å². The highest BCUT2D eigenvalue weighted by Crippen LogP contribution is 2.14. The van der Waals surface area contributed by atoms with Crippen LogP contribution < -0.4 is 11.0 Å². The topological polar surface area (TPSA) is 39.0 Å². The number of fused-ring (bicyclic) bond motifs is 1. The predicted molar refractivity (Wildman–Crippen MR) is 93.2 cm³/mol. The van der Waals surface area contributed by atoms with E-state index in [0.717, 1.165) is 24.1 Å². The zero-order valence-electron chi connectivity index (χ0n) is 14.2. The van der Waals surface area contributed by atoms with Crippen LogP contribution in [0.1, 0.15) is 51.0 Å². The molecule has 0 aliphatic heterocycles. The third-order valence-electron chi connectivity index (χ3n) is 4.37. The molecule has 0 fully saturated rings. The van der Waals surface area contributed by atoms with E-state index in [2.05, 4.69) is 24.4 Å². The van der Waals surface area contributed by atoms with Crippen molar-refractivity contribution in [3.8, 4) is 0 Å². The fourth-order valence-corrected chi connectivity index (χ4v) is 2.93. The lowest BCUT2D eigenvalue weighted by Crippen LogP contribution is -2.19. The first-order valence-electron chi connectivity index (χ1n) is 8.50. The van der Waals surface area contributed by atoms with Crippen LogP contribution in [0.25, 0.3) is 11.0 Å². The molecule has 0 saturated carbocycles. The van der Waals surface area contributed by atoms with Crippen LogP contribution in [0.3, 0.4) is 0 Å². The van der Waals surface area contributed by atoms with Crippen molar-refractivity contribution < 1.29 is 0 Å². The van der Waals surface area contributed by atoms with Crippen molar-refractivity contribution in [3.05, 3.63) is 34.2 Å². The maximum Gasteiger partial charge on any atom is 0.328 e. The van der Waals surface area contributed by atoms with Gasteiger partial charge in [-0.05, 0) is 30.7 Å². The molecule has 0 aliphatic carbocycles. The number of hydrogen-bond acceptors (Lipinski definition) is 2. The lowest BCUT2D eigenvalue weighted by molar-refractivity contribution is 0.572. The van der Waals surface area contributed by atoms with Crippen LogP contribution in [-0.2, 0) is 20.6 Å². The van der Waals surface area contributed by atoms with E-state index < -0.39 is 0 Å². The molecule has 22 heavy (non-hydrogen) atoms. The lowest BCUT2D eigenvalue weighted by atomic mass is 10.1. The average molecular weight is 303 g/mol. The summed E-state index contributed by atoms with van der Waals surface area (Å²) in [6, 6.07) is 6.26. The molecule has 0 radical (unpaired) electrons. The molecule has 0 bridgehead atoms. The van der Waals surface area contributed by atoms with Crippen LogP contribution >= 0.6 is 0 Å². The smallest absolute Gasteiger partial charge is 0.313 e. The highest BCUT2D eigenvalue weighted by atomic mass is 16.1. The van der Waals surface area contributed by atoms with E-state index >= 15 is 0 Å². The van der Waals surface area contributed by atoms with Gasteiger partial charge in [0, 0.05) is 20.6 Å². The van der Waals surface area contributed by atoms with E-state index in [1.54, 1.807) is 9.13 Å². The van der Waals surface area contributed by atoms with Crippen molar-refractivity contribution in [2.24, 2.45) is 14.1 Å². The van der Waals surface area contributed by atoms with Gasteiger partial charge in [0.1, 0.15) is 0 Å². The van der Waals surface area contributed by atoms with Crippen molar-refractivity contribution >= 4 is 11.0 Å². The molecule has 0 amide bonds. The molecule has 0 unspecified atom stereocenters. The second-order valence-corrected chi connectivity index (χ2v) is 6.17. The molecular weight excluding hydrogens is 274 g/mol. The van der Waals surface area contributed by atoms with Gasteiger partial charge in [0.15, 0.2) is 0 Å². The summed E-state index contributed by atoms with van der Waals surface area (Å²) >= 11 is 0. The highest BCUT2D eigenvalue weighted by molar-refractivity contribution is 5.76. The fraction of sp³-hybridized carbons (Fsp3) is 0.611. The zero-order valence-corrected chi connectivity index (χ0v) is 14.2. The molecule has 1 heterocycles. The number of nitrogens with zero attached hydrogens (tertiary/aromatic N) is 2. The van der Waals surface area contributed by atoms with Crippen molar-refractivity contribution in [2.45, 2.75) is 52.0 Å². The van der Waals surface area contributed by atoms with Gasteiger partial charge < -0.3 is 5.32 Å². The first kappa shape index (κ1) is 16.8. The van der Waals surface area contributed by atoms with Crippen molar-refractivity contribution in [2.75, 3.05) is 6.54 Å². The summed E-state index contributed by atoms with van der Waals surface area (Å²) in [5.41, 5.74) is 3.27. The molecule has 1 aromatic heterocycles. The number of hydrogen-bond donors (Lipinski definition) is 1. The van der Waals surface area contributed by atoms with Crippen LogP contribution in [0.5, 0.6) is 0 Å². The number of aryl methyl sites for hydroxylation is 2. The number of rotatable bonds is 9. The van der Waals surface area contributed by atoms with Gasteiger partial charge in [0.2, 0.25) is 0 Å². The van der Waals surface area contributed by atoms with E-state index in [1.165, 1.54) is 44.1 Å². The van der Waals surface area contributed by atoms with Gasteiger partial charge in [0.05, 0.1) is 11.0 Å². The minimum Gasteiger partial charge on any atom is -0.313 e. The molecule has 0 aliphatic rings. The SMILES string of the molecule is CCCCCCCCNCc1ccc2c(c1)n(C)c(=O)n2C. The van der Waals surface area contributed by atoms with E-state index in [0.29, 0.717) is 0 Å². The van der Waals surface area contributed by atoms with Crippen LogP contribution in [0, 0.1) is 0 Å².